The van der Waals surface area contributed by atoms with E-state index in [-0.39, 0.29) is 31.0 Å². The molecular formula is C22H17Cl2F7N4O2. The van der Waals surface area contributed by atoms with Crippen LogP contribution in [0.1, 0.15) is 46.9 Å². The van der Waals surface area contributed by atoms with E-state index in [9.17, 15) is 35.5 Å². The quantitative estimate of drug-likeness (QED) is 0.355. The highest BCUT2D eigenvalue weighted by Gasteiger charge is 2.63. The van der Waals surface area contributed by atoms with Gasteiger partial charge in [-0.2, -0.15) is 26.3 Å². The van der Waals surface area contributed by atoms with E-state index in [2.05, 4.69) is 10.1 Å². The number of halogens is 9. The number of fused-ring (bicyclic) bond motifs is 1. The molecular weight excluding hydrogens is 556 g/mol. The molecule has 2 aromatic rings. The van der Waals surface area contributed by atoms with Gasteiger partial charge in [0.25, 0.3) is 11.5 Å². The average molecular weight is 573 g/mol. The number of rotatable bonds is 4. The summed E-state index contributed by atoms with van der Waals surface area (Å²) in [7, 11) is 0. The minimum Gasteiger partial charge on any atom is -0.372 e. The van der Waals surface area contributed by atoms with Gasteiger partial charge < -0.3 is 15.1 Å². The van der Waals surface area contributed by atoms with Crippen molar-refractivity contribution in [1.82, 2.24) is 15.2 Å². The minimum absolute atomic E-state index is 0.00429. The van der Waals surface area contributed by atoms with Crippen molar-refractivity contribution < 1.29 is 40.4 Å². The zero-order valence-corrected chi connectivity index (χ0v) is 20.3. The van der Waals surface area contributed by atoms with Gasteiger partial charge in [-0.15, -0.1) is 0 Å². The Morgan fingerprint density at radius 2 is 1.76 bits per heavy atom. The van der Waals surface area contributed by atoms with Crippen LogP contribution in [-0.4, -0.2) is 40.0 Å². The van der Waals surface area contributed by atoms with Crippen molar-refractivity contribution in [3.8, 4) is 0 Å². The van der Waals surface area contributed by atoms with Crippen molar-refractivity contribution in [2.75, 3.05) is 0 Å². The van der Waals surface area contributed by atoms with Gasteiger partial charge in [0.1, 0.15) is 17.6 Å². The number of carbonyl (C=O) groups excluding carboxylic acids is 1. The number of amidine groups is 1. The summed E-state index contributed by atoms with van der Waals surface area (Å²) in [6.45, 7) is 1.33. The lowest BCUT2D eigenvalue weighted by molar-refractivity contribution is -0.275. The van der Waals surface area contributed by atoms with Crippen LogP contribution >= 0.6 is 23.2 Å². The molecule has 0 fully saturated rings. The molecule has 0 aliphatic carbocycles. The summed E-state index contributed by atoms with van der Waals surface area (Å²) in [5.41, 5.74) is -2.77. The second-order valence-corrected chi connectivity index (χ2v) is 9.34. The molecule has 2 atom stereocenters. The van der Waals surface area contributed by atoms with Crippen LogP contribution in [0.4, 0.5) is 30.7 Å². The molecule has 2 unspecified atom stereocenters. The highest BCUT2D eigenvalue weighted by molar-refractivity contribution is 6.35. The van der Waals surface area contributed by atoms with Crippen LogP contribution in [0, 0.1) is 5.82 Å². The van der Waals surface area contributed by atoms with E-state index in [0.717, 1.165) is 12.1 Å². The molecule has 0 saturated carbocycles. The van der Waals surface area contributed by atoms with Crippen molar-refractivity contribution in [2.45, 2.75) is 56.9 Å². The fraction of sp³-hybridized carbons (Fsp3) is 0.409. The van der Waals surface area contributed by atoms with E-state index in [1.165, 1.54) is 24.1 Å². The lowest BCUT2D eigenvalue weighted by atomic mass is 9.89. The predicted octanol–water partition coefficient (Wildman–Crippen LogP) is 6.11. The van der Waals surface area contributed by atoms with E-state index in [1.807, 2.05) is 5.32 Å². The monoisotopic (exact) mass is 572 g/mol. The summed E-state index contributed by atoms with van der Waals surface area (Å²) in [5.74, 6) is -2.21. The van der Waals surface area contributed by atoms with Crippen LogP contribution in [0.3, 0.4) is 0 Å². The molecule has 200 valence electrons. The number of nitrogens with zero attached hydrogens (tertiary/aromatic N) is 3. The number of carbonyl (C=O) groups is 1. The summed E-state index contributed by atoms with van der Waals surface area (Å²) in [5, 5.41) is 4.27. The molecule has 37 heavy (non-hydrogen) atoms. The maximum atomic E-state index is 14.2. The van der Waals surface area contributed by atoms with Gasteiger partial charge in [0.2, 0.25) is 0 Å². The van der Waals surface area contributed by atoms with Gasteiger partial charge in [-0.05, 0) is 35.7 Å². The smallest absolute Gasteiger partial charge is 0.372 e. The fourth-order valence-electron chi connectivity index (χ4n) is 4.08. The maximum absolute atomic E-state index is 14.2. The van der Waals surface area contributed by atoms with Gasteiger partial charge in [-0.25, -0.2) is 4.39 Å². The Bertz CT molecular complexity index is 1250. The Labute approximate surface area is 215 Å². The zero-order chi connectivity index (χ0) is 27.3. The maximum Gasteiger partial charge on any atom is 0.435 e. The molecule has 0 bridgehead atoms. The third kappa shape index (κ3) is 5.02. The molecule has 2 aliphatic rings. The Balaban J connectivity index is 1.54. The molecule has 2 aliphatic heterocycles. The second kappa shape index (κ2) is 9.50. The first-order valence-electron chi connectivity index (χ1n) is 10.7. The van der Waals surface area contributed by atoms with Crippen LogP contribution in [0.2, 0.25) is 10.0 Å². The Kier molecular flexibility index (Phi) is 6.99. The zero-order valence-electron chi connectivity index (χ0n) is 18.8. The summed E-state index contributed by atoms with van der Waals surface area (Å²) in [6.07, 6.45) is -9.52. The third-order valence-corrected chi connectivity index (χ3v) is 6.68. The molecule has 0 radical (unpaired) electrons. The molecule has 4 rings (SSSR count). The van der Waals surface area contributed by atoms with Crippen LogP contribution in [0.5, 0.6) is 0 Å². The molecule has 1 N–H and O–H groups in total. The third-order valence-electron chi connectivity index (χ3n) is 6.13. The molecule has 1 amide bonds. The van der Waals surface area contributed by atoms with Crippen molar-refractivity contribution in [3.63, 3.8) is 0 Å². The minimum atomic E-state index is -4.99. The lowest BCUT2D eigenvalue weighted by Crippen LogP contribution is -2.45. The van der Waals surface area contributed by atoms with E-state index in [0.29, 0.717) is 11.1 Å². The molecule has 0 saturated heterocycles. The van der Waals surface area contributed by atoms with Gasteiger partial charge in [0.05, 0.1) is 16.5 Å². The first-order chi connectivity index (χ1) is 17.2. The summed E-state index contributed by atoms with van der Waals surface area (Å²) in [4.78, 5) is 22.6. The lowest BCUT2D eigenvalue weighted by Gasteiger charge is -2.30. The van der Waals surface area contributed by atoms with Crippen LogP contribution in [-0.2, 0) is 23.5 Å². The normalized spacial score (nSPS) is 20.4. The van der Waals surface area contributed by atoms with Crippen molar-refractivity contribution in [1.29, 1.82) is 0 Å². The first kappa shape index (κ1) is 27.2. The number of aromatic nitrogens is 1. The predicted molar refractivity (Wildman–Crippen MR) is 118 cm³/mol. The van der Waals surface area contributed by atoms with E-state index in [4.69, 9.17) is 28.0 Å². The van der Waals surface area contributed by atoms with Gasteiger partial charge in [-0.3, -0.25) is 9.78 Å². The number of hydrogen-bond donors (Lipinski definition) is 1. The van der Waals surface area contributed by atoms with Gasteiger partial charge in [-0.1, -0.05) is 35.3 Å². The van der Waals surface area contributed by atoms with E-state index in [1.54, 1.807) is 0 Å². The highest BCUT2D eigenvalue weighted by atomic mass is 35.5. The van der Waals surface area contributed by atoms with E-state index >= 15 is 0 Å². The molecule has 1 aromatic carbocycles. The van der Waals surface area contributed by atoms with Crippen LogP contribution < -0.4 is 5.32 Å². The number of alkyl halides is 6. The van der Waals surface area contributed by atoms with Gasteiger partial charge in [0.15, 0.2) is 5.82 Å². The van der Waals surface area contributed by atoms with Crippen LogP contribution in [0.25, 0.3) is 0 Å². The van der Waals surface area contributed by atoms with Crippen molar-refractivity contribution >= 4 is 34.9 Å². The van der Waals surface area contributed by atoms with E-state index < -0.39 is 57.7 Å². The number of oxime groups is 1. The number of pyridine rings is 1. The number of hydrogen-bond acceptors (Lipinski definition) is 5. The number of amides is 1. The Hall–Kier alpha value is -2.80. The summed E-state index contributed by atoms with van der Waals surface area (Å²) in [6, 6.07) is 0.765. The van der Waals surface area contributed by atoms with Crippen LogP contribution in [0.15, 0.2) is 29.6 Å². The largest absolute Gasteiger partial charge is 0.435 e. The molecule has 0 spiro atoms. The SMILES string of the molecule is CCC(NC(=O)c1cc2c(cn1)CN(C1=NOC(c3cc(Cl)c(F)c(Cl)c3)(C(F)(F)F)C1)C2)C(F)(F)F. The second-order valence-electron chi connectivity index (χ2n) is 8.52. The molecule has 1 aromatic heterocycles. The standard InChI is InChI=1S/C22H17Cl2F7N4O2/c1-2-16(21(26,27)28)33-19(36)15-3-10-8-35(9-11(10)7-32-15)17-6-20(37-34-17,22(29,30)31)12-4-13(23)18(25)14(24)5-12/h3-5,7,16H,2,6,8-9H2,1H3,(H,33,36). The highest BCUT2D eigenvalue weighted by Crippen LogP contribution is 2.50. The Morgan fingerprint density at radius 3 is 2.32 bits per heavy atom. The summed E-state index contributed by atoms with van der Waals surface area (Å²) >= 11 is 11.4. The number of benzene rings is 1. The Morgan fingerprint density at radius 1 is 1.14 bits per heavy atom. The van der Waals surface area contributed by atoms with Crippen molar-refractivity contribution in [3.05, 3.63) is 62.6 Å². The molecule has 3 heterocycles. The first-order valence-corrected chi connectivity index (χ1v) is 11.5. The average Bonchev–Trinajstić information content (AvgIpc) is 3.44. The number of nitrogens with one attached hydrogen (secondary N) is 1. The summed E-state index contributed by atoms with van der Waals surface area (Å²) < 4.78 is 95.4. The van der Waals surface area contributed by atoms with Gasteiger partial charge >= 0.3 is 12.4 Å². The van der Waals surface area contributed by atoms with Crippen molar-refractivity contribution in [2.24, 2.45) is 5.16 Å². The molecule has 15 heteroatoms. The topological polar surface area (TPSA) is 66.8 Å². The van der Waals surface area contributed by atoms with Gasteiger partial charge in [0, 0.05) is 24.8 Å². The fourth-order valence-corrected chi connectivity index (χ4v) is 4.57. The molecule has 6 nitrogen and oxygen atoms in total.